The summed E-state index contributed by atoms with van der Waals surface area (Å²) >= 11 is 6.14. The van der Waals surface area contributed by atoms with Gasteiger partial charge in [0.1, 0.15) is 11.4 Å². The maximum absolute atomic E-state index is 13.6. The Balaban J connectivity index is 1.80. The van der Waals surface area contributed by atoms with E-state index in [1.165, 1.54) is 4.90 Å². The molecule has 1 saturated heterocycles. The second-order valence-corrected chi connectivity index (χ2v) is 8.21. The molecule has 7 heteroatoms. The molecule has 0 aromatic heterocycles. The summed E-state index contributed by atoms with van der Waals surface area (Å²) in [4.78, 5) is 30.3. The first-order valence-electron chi connectivity index (χ1n) is 10.4. The molecule has 2 aromatic rings. The van der Waals surface area contributed by atoms with Crippen molar-refractivity contribution in [1.29, 1.82) is 0 Å². The van der Waals surface area contributed by atoms with Crippen molar-refractivity contribution in [3.63, 3.8) is 0 Å². The van der Waals surface area contributed by atoms with Crippen LogP contribution in [-0.4, -0.2) is 48.6 Å². The number of carbonyl (C=O) groups excluding carboxylic acids is 2. The van der Waals surface area contributed by atoms with Gasteiger partial charge in [0.05, 0.1) is 30.1 Å². The van der Waals surface area contributed by atoms with Gasteiger partial charge in [0.25, 0.3) is 11.8 Å². The number of hydrogen-bond acceptors (Lipinski definition) is 5. The van der Waals surface area contributed by atoms with Crippen LogP contribution in [0, 0.1) is 0 Å². The minimum Gasteiger partial charge on any atom is -0.494 e. The van der Waals surface area contributed by atoms with Crippen molar-refractivity contribution in [3.05, 3.63) is 64.8 Å². The third kappa shape index (κ3) is 4.18. The smallest absolute Gasteiger partial charge is 0.282 e. The van der Waals surface area contributed by atoms with E-state index in [1.54, 1.807) is 24.3 Å². The monoisotopic (exact) mass is 440 g/mol. The maximum atomic E-state index is 13.6. The third-order valence-electron chi connectivity index (χ3n) is 5.32. The second-order valence-electron chi connectivity index (χ2n) is 7.77. The number of amides is 2. The van der Waals surface area contributed by atoms with E-state index in [-0.39, 0.29) is 24.0 Å². The number of benzene rings is 2. The third-order valence-corrected chi connectivity index (χ3v) is 5.55. The maximum Gasteiger partial charge on any atom is 0.282 e. The number of halogens is 1. The van der Waals surface area contributed by atoms with Gasteiger partial charge in [0.15, 0.2) is 0 Å². The molecule has 2 heterocycles. The van der Waals surface area contributed by atoms with Gasteiger partial charge in [0.2, 0.25) is 0 Å². The zero-order chi connectivity index (χ0) is 22.1. The van der Waals surface area contributed by atoms with E-state index >= 15 is 0 Å². The van der Waals surface area contributed by atoms with Crippen LogP contribution in [0.4, 0.5) is 5.69 Å². The largest absolute Gasteiger partial charge is 0.494 e. The SMILES string of the molecule is CCOc1ccc(C2=C(N3CC(C)OC(C)C3)C(=O)N(c3cccc(Cl)c3)C2=O)cc1. The van der Waals surface area contributed by atoms with Crippen LogP contribution >= 0.6 is 11.6 Å². The number of rotatable bonds is 5. The number of ether oxygens (including phenoxy) is 2. The molecule has 0 bridgehead atoms. The standard InChI is InChI=1S/C24H25ClN2O4/c1-4-30-20-10-8-17(9-11-20)21-22(26-13-15(2)31-16(3)14-26)24(29)27(23(21)28)19-7-5-6-18(25)12-19/h5-12,15-16H,4,13-14H2,1-3H3. The summed E-state index contributed by atoms with van der Waals surface area (Å²) in [6.07, 6.45) is -0.109. The van der Waals surface area contributed by atoms with Crippen molar-refractivity contribution in [2.24, 2.45) is 0 Å². The zero-order valence-electron chi connectivity index (χ0n) is 17.8. The Morgan fingerprint density at radius 3 is 2.32 bits per heavy atom. The average Bonchev–Trinajstić information content (AvgIpc) is 2.98. The normalized spacial score (nSPS) is 21.8. The van der Waals surface area contributed by atoms with Gasteiger partial charge in [0, 0.05) is 18.1 Å². The summed E-state index contributed by atoms with van der Waals surface area (Å²) in [5.41, 5.74) is 1.91. The van der Waals surface area contributed by atoms with Crippen molar-refractivity contribution >= 4 is 34.7 Å². The van der Waals surface area contributed by atoms with Crippen LogP contribution in [0.5, 0.6) is 5.75 Å². The van der Waals surface area contributed by atoms with Crippen LogP contribution < -0.4 is 9.64 Å². The Kier molecular flexibility index (Phi) is 6.03. The van der Waals surface area contributed by atoms with Gasteiger partial charge in [-0.05, 0) is 56.7 Å². The van der Waals surface area contributed by atoms with Crippen LogP contribution in [0.25, 0.3) is 5.57 Å². The molecule has 0 aliphatic carbocycles. The van der Waals surface area contributed by atoms with Crippen LogP contribution in [0.2, 0.25) is 5.02 Å². The molecule has 0 saturated carbocycles. The highest BCUT2D eigenvalue weighted by molar-refractivity contribution is 6.45. The highest BCUT2D eigenvalue weighted by atomic mass is 35.5. The number of morpholine rings is 1. The Morgan fingerprint density at radius 1 is 1.03 bits per heavy atom. The van der Waals surface area contributed by atoms with Gasteiger partial charge in [-0.15, -0.1) is 0 Å². The summed E-state index contributed by atoms with van der Waals surface area (Å²) in [6, 6.07) is 14.0. The molecule has 2 atom stereocenters. The fourth-order valence-corrected chi connectivity index (χ4v) is 4.35. The first-order chi connectivity index (χ1) is 14.9. The lowest BCUT2D eigenvalue weighted by Gasteiger charge is -2.37. The van der Waals surface area contributed by atoms with Crippen molar-refractivity contribution < 1.29 is 19.1 Å². The van der Waals surface area contributed by atoms with E-state index < -0.39 is 0 Å². The molecule has 2 aromatic carbocycles. The first-order valence-corrected chi connectivity index (χ1v) is 10.8. The lowest BCUT2D eigenvalue weighted by molar-refractivity contribution is -0.121. The molecule has 31 heavy (non-hydrogen) atoms. The van der Waals surface area contributed by atoms with Gasteiger partial charge < -0.3 is 14.4 Å². The number of imide groups is 1. The molecule has 2 unspecified atom stereocenters. The first kappa shape index (κ1) is 21.4. The Morgan fingerprint density at radius 2 is 1.71 bits per heavy atom. The number of hydrogen-bond donors (Lipinski definition) is 0. The predicted molar refractivity (Wildman–Crippen MR) is 120 cm³/mol. The van der Waals surface area contributed by atoms with Crippen LogP contribution in [0.15, 0.2) is 54.2 Å². The summed E-state index contributed by atoms with van der Waals surface area (Å²) in [6.45, 7) is 7.46. The summed E-state index contributed by atoms with van der Waals surface area (Å²) in [5.74, 6) is 0.00108. The molecule has 2 aliphatic rings. The van der Waals surface area contributed by atoms with Crippen LogP contribution in [-0.2, 0) is 14.3 Å². The quantitative estimate of drug-likeness (QED) is 0.654. The van der Waals surface area contributed by atoms with Crippen molar-refractivity contribution in [2.45, 2.75) is 33.0 Å². The number of carbonyl (C=O) groups is 2. The topological polar surface area (TPSA) is 59.1 Å². The van der Waals surface area contributed by atoms with Crippen molar-refractivity contribution in [3.8, 4) is 5.75 Å². The van der Waals surface area contributed by atoms with E-state index in [4.69, 9.17) is 21.1 Å². The highest BCUT2D eigenvalue weighted by Crippen LogP contribution is 2.37. The Hall–Kier alpha value is -2.83. The van der Waals surface area contributed by atoms with Crippen molar-refractivity contribution in [1.82, 2.24) is 4.90 Å². The number of nitrogens with zero attached hydrogens (tertiary/aromatic N) is 2. The van der Waals surface area contributed by atoms with Gasteiger partial charge in [-0.25, -0.2) is 4.90 Å². The lowest BCUT2D eigenvalue weighted by atomic mass is 10.0. The van der Waals surface area contributed by atoms with Gasteiger partial charge in [-0.3, -0.25) is 9.59 Å². The minimum atomic E-state index is -0.363. The molecule has 0 spiro atoms. The fraction of sp³-hybridized carbons (Fsp3) is 0.333. The zero-order valence-corrected chi connectivity index (χ0v) is 18.6. The molecule has 4 rings (SSSR count). The van der Waals surface area contributed by atoms with E-state index in [2.05, 4.69) is 0 Å². The predicted octanol–water partition coefficient (Wildman–Crippen LogP) is 4.13. The molecule has 0 radical (unpaired) electrons. The molecule has 2 amide bonds. The summed E-state index contributed by atoms with van der Waals surface area (Å²) in [5, 5.41) is 0.461. The van der Waals surface area contributed by atoms with E-state index in [9.17, 15) is 9.59 Å². The van der Waals surface area contributed by atoms with Gasteiger partial charge >= 0.3 is 0 Å². The van der Waals surface area contributed by atoms with E-state index in [0.717, 1.165) is 0 Å². The second kappa shape index (κ2) is 8.73. The summed E-state index contributed by atoms with van der Waals surface area (Å²) < 4.78 is 11.4. The highest BCUT2D eigenvalue weighted by Gasteiger charge is 2.43. The van der Waals surface area contributed by atoms with Crippen LogP contribution in [0.3, 0.4) is 0 Å². The Bertz CT molecular complexity index is 1020. The summed E-state index contributed by atoms with van der Waals surface area (Å²) in [7, 11) is 0. The van der Waals surface area contributed by atoms with E-state index in [1.807, 2.05) is 49.9 Å². The molecule has 0 N–H and O–H groups in total. The van der Waals surface area contributed by atoms with Gasteiger partial charge in [-0.2, -0.15) is 0 Å². The molecular weight excluding hydrogens is 416 g/mol. The lowest BCUT2D eigenvalue weighted by Crippen LogP contribution is -2.47. The molecule has 1 fully saturated rings. The molecule has 2 aliphatic heterocycles. The van der Waals surface area contributed by atoms with Crippen LogP contribution in [0.1, 0.15) is 26.3 Å². The van der Waals surface area contributed by atoms with E-state index in [0.29, 0.717) is 53.0 Å². The van der Waals surface area contributed by atoms with Gasteiger partial charge in [-0.1, -0.05) is 29.8 Å². The fourth-order valence-electron chi connectivity index (χ4n) is 4.17. The molecule has 6 nitrogen and oxygen atoms in total. The molecular formula is C24H25ClN2O4. The van der Waals surface area contributed by atoms with Crippen molar-refractivity contribution in [2.75, 3.05) is 24.6 Å². The average molecular weight is 441 g/mol. The Labute approximate surface area is 187 Å². The number of anilines is 1. The molecule has 162 valence electrons. The minimum absolute atomic E-state index is 0.0547.